The Bertz CT molecular complexity index is 519. The normalized spacial score (nSPS) is 18.2. The van der Waals surface area contributed by atoms with E-state index >= 15 is 0 Å². The van der Waals surface area contributed by atoms with Crippen LogP contribution in [0.3, 0.4) is 0 Å². The van der Waals surface area contributed by atoms with Gasteiger partial charge >= 0.3 is 0 Å². The van der Waals surface area contributed by atoms with Crippen LogP contribution in [-0.4, -0.2) is 61.5 Å². The lowest BCUT2D eigenvalue weighted by atomic mass is 10.0. The molecule has 1 aliphatic rings. The maximum absolute atomic E-state index is 12.4. The van der Waals surface area contributed by atoms with E-state index in [-0.39, 0.29) is 5.91 Å². The number of rotatable bonds is 5. The van der Waals surface area contributed by atoms with Crippen molar-refractivity contribution in [1.82, 2.24) is 15.1 Å². The van der Waals surface area contributed by atoms with E-state index in [0.29, 0.717) is 29.1 Å². The molecular formula is C18H28ClN3O. The van der Waals surface area contributed by atoms with Gasteiger partial charge in [0.05, 0.1) is 0 Å². The van der Waals surface area contributed by atoms with E-state index in [1.165, 1.54) is 0 Å². The molecule has 5 heteroatoms. The van der Waals surface area contributed by atoms with Gasteiger partial charge in [0.2, 0.25) is 0 Å². The highest BCUT2D eigenvalue weighted by Crippen LogP contribution is 2.16. The van der Waals surface area contributed by atoms with Crippen LogP contribution in [0.25, 0.3) is 0 Å². The summed E-state index contributed by atoms with van der Waals surface area (Å²) in [5.41, 5.74) is 1.64. The minimum absolute atomic E-state index is 0.0459. The van der Waals surface area contributed by atoms with Crippen molar-refractivity contribution >= 4 is 17.5 Å². The summed E-state index contributed by atoms with van der Waals surface area (Å²) in [5.74, 6) is 0.454. The topological polar surface area (TPSA) is 35.6 Å². The van der Waals surface area contributed by atoms with Crippen molar-refractivity contribution in [3.63, 3.8) is 0 Å². The molecule has 0 bridgehead atoms. The molecular weight excluding hydrogens is 310 g/mol. The van der Waals surface area contributed by atoms with Crippen LogP contribution in [0.15, 0.2) is 18.2 Å². The van der Waals surface area contributed by atoms with E-state index in [9.17, 15) is 4.79 Å². The molecule has 2 rings (SSSR count). The zero-order chi connectivity index (χ0) is 17.0. The Labute approximate surface area is 144 Å². The second kappa shape index (κ2) is 8.13. The van der Waals surface area contributed by atoms with E-state index in [0.717, 1.165) is 31.7 Å². The summed E-state index contributed by atoms with van der Waals surface area (Å²) in [6.45, 7) is 11.4. The van der Waals surface area contributed by atoms with Crippen LogP contribution >= 0.6 is 11.6 Å². The molecule has 1 unspecified atom stereocenters. The average molecular weight is 338 g/mol. The number of hydrogen-bond acceptors (Lipinski definition) is 3. The number of nitrogens with one attached hydrogen (secondary N) is 1. The largest absolute Gasteiger partial charge is 0.350 e. The molecule has 1 heterocycles. The Balaban J connectivity index is 1.96. The van der Waals surface area contributed by atoms with Crippen LogP contribution < -0.4 is 5.32 Å². The number of nitrogens with zero attached hydrogens (tertiary/aromatic N) is 2. The molecule has 0 spiro atoms. The Hall–Kier alpha value is -1.10. The van der Waals surface area contributed by atoms with E-state index < -0.39 is 0 Å². The summed E-state index contributed by atoms with van der Waals surface area (Å²) in [4.78, 5) is 17.3. The molecule has 1 N–H and O–H groups in total. The van der Waals surface area contributed by atoms with Crippen LogP contribution in [0, 0.1) is 12.8 Å². The molecule has 1 fully saturated rings. The number of hydrogen-bond donors (Lipinski definition) is 1. The molecule has 1 atom stereocenters. The Morgan fingerprint density at radius 3 is 2.43 bits per heavy atom. The van der Waals surface area contributed by atoms with E-state index in [1.807, 2.05) is 19.1 Å². The minimum Gasteiger partial charge on any atom is -0.350 e. The standard InChI is InChI=1S/C18H28ClN3O/c1-13(2)17(22-7-5-21(4)6-8-22)12-20-18(23)15-9-14(3)10-16(19)11-15/h9-11,13,17H,5-8,12H2,1-4H3,(H,20,23). The van der Waals surface area contributed by atoms with Gasteiger partial charge in [-0.3, -0.25) is 9.69 Å². The number of benzene rings is 1. The molecule has 0 saturated carbocycles. The van der Waals surface area contributed by atoms with E-state index in [2.05, 4.69) is 36.0 Å². The predicted octanol–water partition coefficient (Wildman–Crippen LogP) is 2.65. The highest BCUT2D eigenvalue weighted by atomic mass is 35.5. The third-order valence-corrected chi connectivity index (χ3v) is 4.77. The fraction of sp³-hybridized carbons (Fsp3) is 0.611. The van der Waals surface area contributed by atoms with Gasteiger partial charge in [0.25, 0.3) is 5.91 Å². The van der Waals surface area contributed by atoms with Crippen molar-refractivity contribution < 1.29 is 4.79 Å². The molecule has 4 nitrogen and oxygen atoms in total. The van der Waals surface area contributed by atoms with Crippen LogP contribution in [0.4, 0.5) is 0 Å². The van der Waals surface area contributed by atoms with Crippen molar-refractivity contribution in [2.24, 2.45) is 5.92 Å². The van der Waals surface area contributed by atoms with Gasteiger partial charge in [0.1, 0.15) is 0 Å². The van der Waals surface area contributed by atoms with Gasteiger partial charge in [0, 0.05) is 49.4 Å². The van der Waals surface area contributed by atoms with Crippen LogP contribution in [0.2, 0.25) is 5.02 Å². The molecule has 1 aromatic carbocycles. The van der Waals surface area contributed by atoms with Gasteiger partial charge in [-0.05, 0) is 43.7 Å². The second-order valence-corrected chi connectivity index (χ2v) is 7.31. The second-order valence-electron chi connectivity index (χ2n) is 6.88. The predicted molar refractivity (Wildman–Crippen MR) is 96.2 cm³/mol. The first-order chi connectivity index (χ1) is 10.9. The number of aryl methyl sites for hydroxylation is 1. The molecule has 0 aromatic heterocycles. The van der Waals surface area contributed by atoms with Gasteiger partial charge in [-0.25, -0.2) is 0 Å². The number of likely N-dealkylation sites (N-methyl/N-ethyl adjacent to an activating group) is 1. The van der Waals surface area contributed by atoms with Gasteiger partial charge in [0.15, 0.2) is 0 Å². The van der Waals surface area contributed by atoms with Gasteiger partial charge in [-0.15, -0.1) is 0 Å². The summed E-state index contributed by atoms with van der Waals surface area (Å²) in [5, 5.41) is 3.70. The summed E-state index contributed by atoms with van der Waals surface area (Å²) >= 11 is 6.05. The lowest BCUT2D eigenvalue weighted by Gasteiger charge is -2.39. The number of amides is 1. The summed E-state index contributed by atoms with van der Waals surface area (Å²) < 4.78 is 0. The summed E-state index contributed by atoms with van der Waals surface area (Å²) in [7, 11) is 2.16. The highest BCUT2D eigenvalue weighted by Gasteiger charge is 2.25. The molecule has 0 aliphatic carbocycles. The third kappa shape index (κ3) is 5.20. The molecule has 0 radical (unpaired) electrons. The average Bonchev–Trinajstić information content (AvgIpc) is 2.47. The van der Waals surface area contributed by atoms with Crippen LogP contribution in [0.5, 0.6) is 0 Å². The number of halogens is 1. The number of carbonyl (C=O) groups is 1. The lowest BCUT2D eigenvalue weighted by Crippen LogP contribution is -2.54. The zero-order valence-corrected chi connectivity index (χ0v) is 15.4. The third-order valence-electron chi connectivity index (χ3n) is 4.55. The van der Waals surface area contributed by atoms with Gasteiger partial charge in [-0.1, -0.05) is 25.4 Å². The van der Waals surface area contributed by atoms with Crippen LogP contribution in [-0.2, 0) is 0 Å². The first-order valence-electron chi connectivity index (χ1n) is 8.35. The van der Waals surface area contributed by atoms with E-state index in [1.54, 1.807) is 6.07 Å². The van der Waals surface area contributed by atoms with Gasteiger partial charge < -0.3 is 10.2 Å². The van der Waals surface area contributed by atoms with Crippen molar-refractivity contribution in [1.29, 1.82) is 0 Å². The first-order valence-corrected chi connectivity index (χ1v) is 8.72. The maximum atomic E-state index is 12.4. The first kappa shape index (κ1) is 18.2. The summed E-state index contributed by atoms with van der Waals surface area (Å²) in [6.07, 6.45) is 0. The molecule has 1 amide bonds. The van der Waals surface area contributed by atoms with Crippen molar-refractivity contribution in [2.45, 2.75) is 26.8 Å². The molecule has 1 saturated heterocycles. The fourth-order valence-corrected chi connectivity index (χ4v) is 3.40. The summed E-state index contributed by atoms with van der Waals surface area (Å²) in [6, 6.07) is 5.83. The molecule has 1 aromatic rings. The van der Waals surface area contributed by atoms with E-state index in [4.69, 9.17) is 11.6 Å². The molecule has 23 heavy (non-hydrogen) atoms. The fourth-order valence-electron chi connectivity index (χ4n) is 3.11. The van der Waals surface area contributed by atoms with Crippen molar-refractivity contribution in [3.8, 4) is 0 Å². The Kier molecular flexibility index (Phi) is 6.45. The Morgan fingerprint density at radius 1 is 1.22 bits per heavy atom. The quantitative estimate of drug-likeness (QED) is 0.897. The molecule has 1 aliphatic heterocycles. The van der Waals surface area contributed by atoms with Gasteiger partial charge in [-0.2, -0.15) is 0 Å². The zero-order valence-electron chi connectivity index (χ0n) is 14.6. The number of carbonyl (C=O) groups excluding carboxylic acids is 1. The molecule has 128 valence electrons. The monoisotopic (exact) mass is 337 g/mol. The maximum Gasteiger partial charge on any atom is 0.251 e. The van der Waals surface area contributed by atoms with Crippen molar-refractivity contribution in [3.05, 3.63) is 34.3 Å². The highest BCUT2D eigenvalue weighted by molar-refractivity contribution is 6.31. The smallest absolute Gasteiger partial charge is 0.251 e. The van der Waals surface area contributed by atoms with Crippen molar-refractivity contribution in [2.75, 3.05) is 39.8 Å². The number of piperazine rings is 1. The van der Waals surface area contributed by atoms with Crippen LogP contribution in [0.1, 0.15) is 29.8 Å². The lowest BCUT2D eigenvalue weighted by molar-refractivity contribution is 0.0791. The Morgan fingerprint density at radius 2 is 1.87 bits per heavy atom. The minimum atomic E-state index is -0.0459. The SMILES string of the molecule is Cc1cc(Cl)cc(C(=O)NCC(C(C)C)N2CCN(C)CC2)c1.